The van der Waals surface area contributed by atoms with Crippen LogP contribution in [0.25, 0.3) is 10.9 Å². The molecule has 2 rings (SSSR count). The van der Waals surface area contributed by atoms with E-state index in [9.17, 15) is 8.78 Å². The van der Waals surface area contributed by atoms with Crippen LogP contribution in [0.4, 0.5) is 14.5 Å². The van der Waals surface area contributed by atoms with Crippen molar-refractivity contribution in [1.82, 2.24) is 4.98 Å². The van der Waals surface area contributed by atoms with Gasteiger partial charge in [-0.3, -0.25) is 4.98 Å². The number of nitrogens with zero attached hydrogens (tertiary/aromatic N) is 1. The third-order valence-electron chi connectivity index (χ3n) is 2.64. The van der Waals surface area contributed by atoms with Gasteiger partial charge in [0.15, 0.2) is 0 Å². The molecular formula is C13H14F2N2O. The summed E-state index contributed by atoms with van der Waals surface area (Å²) < 4.78 is 24.4. The van der Waals surface area contributed by atoms with Crippen LogP contribution in [0, 0.1) is 6.92 Å². The number of anilines is 1. The monoisotopic (exact) mass is 252 g/mol. The van der Waals surface area contributed by atoms with Crippen molar-refractivity contribution in [3.63, 3.8) is 0 Å². The highest BCUT2D eigenvalue weighted by Gasteiger charge is 2.16. The number of pyridine rings is 1. The zero-order chi connectivity index (χ0) is 13.1. The molecule has 1 heterocycles. The SMILES string of the molecule is Cc1cc(NCC(O)C(F)F)c2ccccc2n1. The second-order valence-corrected chi connectivity index (χ2v) is 4.11. The minimum atomic E-state index is -2.74. The topological polar surface area (TPSA) is 45.1 Å². The van der Waals surface area contributed by atoms with E-state index in [1.165, 1.54) is 0 Å². The van der Waals surface area contributed by atoms with Crippen LogP contribution in [0.15, 0.2) is 30.3 Å². The fourth-order valence-electron chi connectivity index (χ4n) is 1.76. The first-order valence-electron chi connectivity index (χ1n) is 5.64. The van der Waals surface area contributed by atoms with Gasteiger partial charge in [-0.05, 0) is 19.1 Å². The second-order valence-electron chi connectivity index (χ2n) is 4.11. The summed E-state index contributed by atoms with van der Waals surface area (Å²) in [6, 6.07) is 9.22. The number of rotatable bonds is 4. The largest absolute Gasteiger partial charge is 0.385 e. The molecule has 0 spiro atoms. The molecule has 2 aromatic rings. The van der Waals surface area contributed by atoms with Gasteiger partial charge in [0.1, 0.15) is 6.10 Å². The molecule has 1 atom stereocenters. The number of aliphatic hydroxyl groups excluding tert-OH is 1. The molecule has 0 aliphatic heterocycles. The van der Waals surface area contributed by atoms with Crippen LogP contribution in [0.5, 0.6) is 0 Å². The maximum absolute atomic E-state index is 12.2. The summed E-state index contributed by atoms with van der Waals surface area (Å²) in [6.07, 6.45) is -4.41. The Kier molecular flexibility index (Phi) is 3.72. The van der Waals surface area contributed by atoms with Crippen LogP contribution in [-0.4, -0.2) is 29.2 Å². The minimum absolute atomic E-state index is 0.189. The fraction of sp³-hybridized carbons (Fsp3) is 0.308. The van der Waals surface area contributed by atoms with Crippen LogP contribution in [0.1, 0.15) is 5.69 Å². The molecular weight excluding hydrogens is 238 g/mol. The minimum Gasteiger partial charge on any atom is -0.385 e. The molecule has 0 aliphatic carbocycles. The Bertz CT molecular complexity index is 546. The smallest absolute Gasteiger partial charge is 0.265 e. The summed E-state index contributed by atoms with van der Waals surface area (Å²) in [6.45, 7) is 1.65. The standard InChI is InChI=1S/C13H14F2N2O/c1-8-6-11(16-7-12(18)13(14)15)9-4-2-3-5-10(9)17-8/h2-6,12-13,18H,7H2,1H3,(H,16,17). The molecule has 0 saturated heterocycles. The first-order chi connectivity index (χ1) is 8.58. The number of aromatic nitrogens is 1. The van der Waals surface area contributed by atoms with Crippen LogP contribution in [0.3, 0.4) is 0 Å². The van der Waals surface area contributed by atoms with E-state index in [1.54, 1.807) is 6.07 Å². The Morgan fingerprint density at radius 1 is 1.33 bits per heavy atom. The third kappa shape index (κ3) is 2.73. The van der Waals surface area contributed by atoms with Gasteiger partial charge < -0.3 is 10.4 Å². The van der Waals surface area contributed by atoms with Gasteiger partial charge in [-0.1, -0.05) is 18.2 Å². The lowest BCUT2D eigenvalue weighted by molar-refractivity contribution is 0.00386. The number of hydrogen-bond donors (Lipinski definition) is 2. The summed E-state index contributed by atoms with van der Waals surface area (Å²) in [5.74, 6) is 0. The van der Waals surface area contributed by atoms with E-state index in [2.05, 4.69) is 10.3 Å². The molecule has 0 saturated carbocycles. The third-order valence-corrected chi connectivity index (χ3v) is 2.64. The zero-order valence-corrected chi connectivity index (χ0v) is 9.90. The zero-order valence-electron chi connectivity index (χ0n) is 9.90. The van der Waals surface area contributed by atoms with Gasteiger partial charge in [0.25, 0.3) is 6.43 Å². The van der Waals surface area contributed by atoms with E-state index in [-0.39, 0.29) is 6.54 Å². The number of para-hydroxylation sites is 1. The van der Waals surface area contributed by atoms with E-state index < -0.39 is 12.5 Å². The van der Waals surface area contributed by atoms with Crippen molar-refractivity contribution in [1.29, 1.82) is 0 Å². The van der Waals surface area contributed by atoms with Crippen molar-refractivity contribution in [3.05, 3.63) is 36.0 Å². The Hall–Kier alpha value is -1.75. The number of alkyl halides is 2. The molecule has 1 unspecified atom stereocenters. The van der Waals surface area contributed by atoms with Crippen LogP contribution in [-0.2, 0) is 0 Å². The van der Waals surface area contributed by atoms with Gasteiger partial charge in [-0.25, -0.2) is 8.78 Å². The molecule has 5 heteroatoms. The van der Waals surface area contributed by atoms with Crippen molar-refractivity contribution in [2.24, 2.45) is 0 Å². The highest BCUT2D eigenvalue weighted by Crippen LogP contribution is 2.22. The predicted octanol–water partition coefficient (Wildman–Crippen LogP) is 2.58. The Labute approximate surface area is 103 Å². The average Bonchev–Trinajstić information content (AvgIpc) is 2.35. The van der Waals surface area contributed by atoms with E-state index in [0.29, 0.717) is 5.69 Å². The highest BCUT2D eigenvalue weighted by atomic mass is 19.3. The normalized spacial score (nSPS) is 12.9. The summed E-state index contributed by atoms with van der Waals surface area (Å²) in [5.41, 5.74) is 2.30. The highest BCUT2D eigenvalue weighted by molar-refractivity contribution is 5.91. The van der Waals surface area contributed by atoms with Crippen molar-refractivity contribution in [2.75, 3.05) is 11.9 Å². The summed E-state index contributed by atoms with van der Waals surface area (Å²) in [4.78, 5) is 4.35. The quantitative estimate of drug-likeness (QED) is 0.879. The molecule has 0 fully saturated rings. The fourth-order valence-corrected chi connectivity index (χ4v) is 1.76. The predicted molar refractivity (Wildman–Crippen MR) is 67.0 cm³/mol. The first kappa shape index (κ1) is 12.7. The van der Waals surface area contributed by atoms with E-state index in [1.807, 2.05) is 31.2 Å². The van der Waals surface area contributed by atoms with Crippen LogP contribution in [0.2, 0.25) is 0 Å². The maximum Gasteiger partial charge on any atom is 0.265 e. The van der Waals surface area contributed by atoms with E-state index >= 15 is 0 Å². The maximum atomic E-state index is 12.2. The lowest BCUT2D eigenvalue weighted by atomic mass is 10.1. The molecule has 0 bridgehead atoms. The van der Waals surface area contributed by atoms with Crippen molar-refractivity contribution in [3.8, 4) is 0 Å². The van der Waals surface area contributed by atoms with Crippen molar-refractivity contribution < 1.29 is 13.9 Å². The molecule has 1 aromatic heterocycles. The molecule has 1 aromatic carbocycles. The van der Waals surface area contributed by atoms with Crippen molar-refractivity contribution >= 4 is 16.6 Å². The lowest BCUT2D eigenvalue weighted by Crippen LogP contribution is -2.26. The molecule has 0 amide bonds. The van der Waals surface area contributed by atoms with Gasteiger partial charge in [-0.15, -0.1) is 0 Å². The van der Waals surface area contributed by atoms with Gasteiger partial charge in [0.2, 0.25) is 0 Å². The van der Waals surface area contributed by atoms with Crippen molar-refractivity contribution in [2.45, 2.75) is 19.5 Å². The van der Waals surface area contributed by atoms with Gasteiger partial charge in [-0.2, -0.15) is 0 Å². The van der Waals surface area contributed by atoms with Gasteiger partial charge in [0, 0.05) is 23.3 Å². The Balaban J connectivity index is 2.27. The summed E-state index contributed by atoms with van der Waals surface area (Å²) in [7, 11) is 0. The molecule has 0 radical (unpaired) electrons. The summed E-state index contributed by atoms with van der Waals surface area (Å²) >= 11 is 0. The average molecular weight is 252 g/mol. The van der Waals surface area contributed by atoms with E-state index in [4.69, 9.17) is 5.11 Å². The van der Waals surface area contributed by atoms with Gasteiger partial charge >= 0.3 is 0 Å². The van der Waals surface area contributed by atoms with Crippen LogP contribution < -0.4 is 5.32 Å². The molecule has 2 N–H and O–H groups in total. The first-order valence-corrected chi connectivity index (χ1v) is 5.64. The number of aliphatic hydroxyl groups is 1. The Morgan fingerprint density at radius 2 is 2.06 bits per heavy atom. The lowest BCUT2D eigenvalue weighted by Gasteiger charge is -2.14. The number of nitrogens with one attached hydrogen (secondary N) is 1. The van der Waals surface area contributed by atoms with Crippen LogP contribution >= 0.6 is 0 Å². The number of fused-ring (bicyclic) bond motifs is 1. The second kappa shape index (κ2) is 5.27. The molecule has 3 nitrogen and oxygen atoms in total. The van der Waals surface area contributed by atoms with E-state index in [0.717, 1.165) is 16.6 Å². The number of aryl methyl sites for hydroxylation is 1. The van der Waals surface area contributed by atoms with Gasteiger partial charge in [0.05, 0.1) is 5.52 Å². The molecule has 18 heavy (non-hydrogen) atoms. The Morgan fingerprint density at radius 3 is 2.78 bits per heavy atom. The summed E-state index contributed by atoms with van der Waals surface area (Å²) in [5, 5.41) is 12.8. The number of benzene rings is 1. The molecule has 96 valence electrons. The molecule has 0 aliphatic rings. The number of halogens is 2. The number of hydrogen-bond acceptors (Lipinski definition) is 3.